The van der Waals surface area contributed by atoms with Gasteiger partial charge in [0.15, 0.2) is 6.29 Å². The van der Waals surface area contributed by atoms with Crippen molar-refractivity contribution in [3.63, 3.8) is 0 Å². The maximum absolute atomic E-state index is 10.8. The Labute approximate surface area is 114 Å². The van der Waals surface area contributed by atoms with Crippen molar-refractivity contribution in [2.45, 2.75) is 25.7 Å². The smallest absolute Gasteiger partial charge is 0.151 e. The van der Waals surface area contributed by atoms with Crippen LogP contribution in [0.5, 0.6) is 0 Å². The largest absolute Gasteiger partial charge is 0.303 e. The Kier molecular flexibility index (Phi) is 3.04. The lowest BCUT2D eigenvalue weighted by Crippen LogP contribution is -2.07. The lowest BCUT2D eigenvalue weighted by molar-refractivity contribution is 0.112. The van der Waals surface area contributed by atoms with Gasteiger partial charge in [-0.2, -0.15) is 0 Å². The van der Waals surface area contributed by atoms with Crippen molar-refractivity contribution in [1.82, 2.24) is 9.55 Å². The monoisotopic (exact) mass is 304 g/mol. The third kappa shape index (κ3) is 1.90. The summed E-state index contributed by atoms with van der Waals surface area (Å²) < 4.78 is 2.96. The molecular formula is C14H13BrN2O. The van der Waals surface area contributed by atoms with Crippen LogP contribution in [-0.4, -0.2) is 15.8 Å². The maximum atomic E-state index is 10.8. The van der Waals surface area contributed by atoms with Crippen LogP contribution < -0.4 is 0 Å². The van der Waals surface area contributed by atoms with Gasteiger partial charge >= 0.3 is 0 Å². The highest BCUT2D eigenvalue weighted by molar-refractivity contribution is 9.10. The Hall–Kier alpha value is -1.42. The number of rotatable bonds is 2. The van der Waals surface area contributed by atoms with Crippen LogP contribution in [0.25, 0.3) is 5.69 Å². The molecule has 4 heteroatoms. The molecule has 0 unspecified atom stereocenters. The molecule has 1 aliphatic rings. The second-order valence-electron chi connectivity index (χ2n) is 4.54. The molecule has 0 saturated heterocycles. The number of halogens is 1. The molecule has 3 nitrogen and oxygen atoms in total. The van der Waals surface area contributed by atoms with Gasteiger partial charge in [-0.25, -0.2) is 4.98 Å². The predicted octanol–water partition coefficient (Wildman–Crippen LogP) is 3.33. The van der Waals surface area contributed by atoms with Crippen LogP contribution in [0.2, 0.25) is 0 Å². The lowest BCUT2D eigenvalue weighted by Gasteiger charge is -2.14. The second-order valence-corrected chi connectivity index (χ2v) is 5.39. The van der Waals surface area contributed by atoms with E-state index in [9.17, 15) is 4.79 Å². The second kappa shape index (κ2) is 4.69. The van der Waals surface area contributed by atoms with E-state index in [4.69, 9.17) is 0 Å². The van der Waals surface area contributed by atoms with Crippen molar-refractivity contribution in [3.05, 3.63) is 46.0 Å². The molecule has 1 aromatic carbocycles. The molecule has 1 aliphatic carbocycles. The van der Waals surface area contributed by atoms with E-state index >= 15 is 0 Å². The molecule has 92 valence electrons. The fourth-order valence-electron chi connectivity index (χ4n) is 2.45. The molecule has 0 radical (unpaired) electrons. The van der Waals surface area contributed by atoms with Gasteiger partial charge in [-0.05, 0) is 59.8 Å². The molecular weight excluding hydrogens is 292 g/mol. The Morgan fingerprint density at radius 2 is 2.11 bits per heavy atom. The minimum absolute atomic E-state index is 0.674. The number of nitrogens with zero attached hydrogens (tertiary/aromatic N) is 2. The number of aromatic nitrogens is 2. The predicted molar refractivity (Wildman–Crippen MR) is 73.3 cm³/mol. The van der Waals surface area contributed by atoms with Gasteiger partial charge in [0.2, 0.25) is 0 Å². The molecule has 1 heterocycles. The number of carbonyl (C=O) groups is 1. The normalized spacial score (nSPS) is 14.3. The summed E-state index contributed by atoms with van der Waals surface area (Å²) in [6.45, 7) is 0. The summed E-state index contributed by atoms with van der Waals surface area (Å²) >= 11 is 3.42. The summed E-state index contributed by atoms with van der Waals surface area (Å²) in [6.07, 6.45) is 7.37. The average molecular weight is 305 g/mol. The zero-order chi connectivity index (χ0) is 12.5. The highest BCUT2D eigenvalue weighted by atomic mass is 79.9. The molecule has 3 rings (SSSR count). The summed E-state index contributed by atoms with van der Waals surface area (Å²) in [5.41, 5.74) is 4.26. The van der Waals surface area contributed by atoms with Crippen molar-refractivity contribution in [2.75, 3.05) is 0 Å². The summed E-state index contributed by atoms with van der Waals surface area (Å²) in [6, 6.07) is 5.77. The van der Waals surface area contributed by atoms with Crippen molar-refractivity contribution in [2.24, 2.45) is 0 Å². The molecule has 2 aromatic rings. The molecule has 18 heavy (non-hydrogen) atoms. The fraction of sp³-hybridized carbons (Fsp3) is 0.286. The fourth-order valence-corrected chi connectivity index (χ4v) is 2.91. The van der Waals surface area contributed by atoms with Crippen LogP contribution in [-0.2, 0) is 12.8 Å². The molecule has 0 bridgehead atoms. The van der Waals surface area contributed by atoms with Crippen LogP contribution in [0.4, 0.5) is 0 Å². The third-order valence-electron chi connectivity index (χ3n) is 3.42. The van der Waals surface area contributed by atoms with E-state index in [0.29, 0.717) is 5.56 Å². The number of hydrogen-bond acceptors (Lipinski definition) is 2. The SMILES string of the molecule is O=Cc1ccc(-n2cnc3c2CCCC3)cc1Br. The van der Waals surface area contributed by atoms with Crippen LogP contribution in [0, 0.1) is 0 Å². The van der Waals surface area contributed by atoms with Crippen LogP contribution in [0.3, 0.4) is 0 Å². The standard InChI is InChI=1S/C14H13BrN2O/c15-12-7-11(6-5-10(12)8-18)17-9-16-13-3-1-2-4-14(13)17/h5-9H,1-4H2. The minimum Gasteiger partial charge on any atom is -0.303 e. The Morgan fingerprint density at radius 1 is 1.28 bits per heavy atom. The van der Waals surface area contributed by atoms with Gasteiger partial charge < -0.3 is 4.57 Å². The maximum Gasteiger partial charge on any atom is 0.151 e. The first-order chi connectivity index (χ1) is 8.79. The minimum atomic E-state index is 0.674. The number of carbonyl (C=O) groups excluding carboxylic acids is 1. The molecule has 1 aromatic heterocycles. The molecule has 0 spiro atoms. The molecule has 0 N–H and O–H groups in total. The number of aryl methyl sites for hydroxylation is 1. The molecule has 0 atom stereocenters. The average Bonchev–Trinajstić information content (AvgIpc) is 2.82. The molecule has 0 amide bonds. The quantitative estimate of drug-likeness (QED) is 0.798. The van der Waals surface area contributed by atoms with E-state index in [1.165, 1.54) is 24.2 Å². The van der Waals surface area contributed by atoms with Crippen molar-refractivity contribution in [1.29, 1.82) is 0 Å². The molecule has 0 fully saturated rings. The van der Waals surface area contributed by atoms with E-state index < -0.39 is 0 Å². The summed E-state index contributed by atoms with van der Waals surface area (Å²) in [5, 5.41) is 0. The highest BCUT2D eigenvalue weighted by Gasteiger charge is 2.16. The highest BCUT2D eigenvalue weighted by Crippen LogP contribution is 2.25. The topological polar surface area (TPSA) is 34.9 Å². The summed E-state index contributed by atoms with van der Waals surface area (Å²) in [4.78, 5) is 15.3. The Balaban J connectivity index is 2.07. The molecule has 0 saturated carbocycles. The zero-order valence-electron chi connectivity index (χ0n) is 9.90. The number of aldehydes is 1. The van der Waals surface area contributed by atoms with E-state index in [1.807, 2.05) is 24.5 Å². The van der Waals surface area contributed by atoms with E-state index in [-0.39, 0.29) is 0 Å². The summed E-state index contributed by atoms with van der Waals surface area (Å²) in [5.74, 6) is 0. The first-order valence-electron chi connectivity index (χ1n) is 6.10. The first kappa shape index (κ1) is 11.7. The number of hydrogen-bond donors (Lipinski definition) is 0. The molecule has 0 aliphatic heterocycles. The van der Waals surface area contributed by atoms with E-state index in [1.54, 1.807) is 0 Å². The van der Waals surface area contributed by atoms with E-state index in [2.05, 4.69) is 25.5 Å². The van der Waals surface area contributed by atoms with Gasteiger partial charge in [-0.3, -0.25) is 4.79 Å². The van der Waals surface area contributed by atoms with Gasteiger partial charge in [0.25, 0.3) is 0 Å². The van der Waals surface area contributed by atoms with Crippen LogP contribution >= 0.6 is 15.9 Å². The number of imidazole rings is 1. The van der Waals surface area contributed by atoms with E-state index in [0.717, 1.165) is 29.3 Å². The Bertz CT molecular complexity index is 604. The zero-order valence-corrected chi connectivity index (χ0v) is 11.5. The van der Waals surface area contributed by atoms with Gasteiger partial charge in [0, 0.05) is 21.4 Å². The van der Waals surface area contributed by atoms with Gasteiger partial charge in [0.1, 0.15) is 0 Å². The number of benzene rings is 1. The first-order valence-corrected chi connectivity index (χ1v) is 6.89. The summed E-state index contributed by atoms with van der Waals surface area (Å²) in [7, 11) is 0. The van der Waals surface area contributed by atoms with Gasteiger partial charge in [-0.1, -0.05) is 0 Å². The van der Waals surface area contributed by atoms with Gasteiger partial charge in [0.05, 0.1) is 12.0 Å². The van der Waals surface area contributed by atoms with Crippen molar-refractivity contribution >= 4 is 22.2 Å². The van der Waals surface area contributed by atoms with Crippen molar-refractivity contribution < 1.29 is 4.79 Å². The van der Waals surface area contributed by atoms with Crippen LogP contribution in [0.1, 0.15) is 34.6 Å². The van der Waals surface area contributed by atoms with Gasteiger partial charge in [-0.15, -0.1) is 0 Å². The van der Waals surface area contributed by atoms with Crippen LogP contribution in [0.15, 0.2) is 29.0 Å². The van der Waals surface area contributed by atoms with Crippen molar-refractivity contribution in [3.8, 4) is 5.69 Å². The third-order valence-corrected chi connectivity index (χ3v) is 4.11. The Morgan fingerprint density at radius 3 is 2.89 bits per heavy atom. The lowest BCUT2D eigenvalue weighted by atomic mass is 10.0. The number of fused-ring (bicyclic) bond motifs is 1.